The second-order valence-electron chi connectivity index (χ2n) is 12.4. The molecule has 9 atom stereocenters. The standard InChI is InChI=1S/C32H48O7/c1-20-8-7-9-25(19-33)32(35)18-29(36-6)23(4)15-28(32)30(34)37-27-16-26(11-10-21(2)14-20)39-31(17-27)13-12-22(3)24(5)38-31/h7-10,15,20,22,24,26-29,33,35H,11-14,16-19H2,1-6H3/b8-7+,21-10-,25-9-/t20-,22-,24+,26-,27+,28-,29-,31-,32-/m0/s1. The Bertz CT molecular complexity index is 1010. The third kappa shape index (κ3) is 6.76. The summed E-state index contributed by atoms with van der Waals surface area (Å²) >= 11 is 0. The van der Waals surface area contributed by atoms with Crippen LogP contribution in [0.15, 0.2) is 47.1 Å². The fraction of sp³-hybridized carbons (Fsp3) is 0.719. The van der Waals surface area contributed by atoms with E-state index in [1.807, 2.05) is 13.0 Å². The zero-order valence-electron chi connectivity index (χ0n) is 24.5. The van der Waals surface area contributed by atoms with E-state index < -0.39 is 29.4 Å². The molecule has 4 rings (SSSR count). The molecule has 3 aliphatic heterocycles. The number of aliphatic hydroxyl groups is 2. The number of esters is 1. The molecule has 2 saturated heterocycles. The quantitative estimate of drug-likeness (QED) is 0.366. The van der Waals surface area contributed by atoms with Crippen molar-refractivity contribution in [2.45, 2.75) is 115 Å². The Morgan fingerprint density at radius 1 is 1.13 bits per heavy atom. The molecule has 2 fully saturated rings. The predicted octanol–water partition coefficient (Wildman–Crippen LogP) is 5.17. The summed E-state index contributed by atoms with van der Waals surface area (Å²) in [5.74, 6) is -1.55. The Kier molecular flexibility index (Phi) is 9.60. The summed E-state index contributed by atoms with van der Waals surface area (Å²) in [6, 6.07) is 0. The Balaban J connectivity index is 1.73. The largest absolute Gasteiger partial charge is 0.462 e. The molecule has 0 aromatic heterocycles. The minimum atomic E-state index is -1.64. The van der Waals surface area contributed by atoms with E-state index in [0.717, 1.165) is 31.3 Å². The number of allylic oxidation sites excluding steroid dienone is 4. The maximum absolute atomic E-state index is 13.9. The van der Waals surface area contributed by atoms with Crippen molar-refractivity contribution in [1.29, 1.82) is 0 Å². The van der Waals surface area contributed by atoms with Crippen LogP contribution in [-0.2, 0) is 23.7 Å². The van der Waals surface area contributed by atoms with Crippen LogP contribution >= 0.6 is 0 Å². The lowest BCUT2D eigenvalue weighted by Gasteiger charge is -2.49. The molecule has 0 unspecified atom stereocenters. The van der Waals surface area contributed by atoms with Crippen LogP contribution in [0.2, 0.25) is 0 Å². The fourth-order valence-electron chi connectivity index (χ4n) is 6.66. The number of hydrogen-bond donors (Lipinski definition) is 2. The van der Waals surface area contributed by atoms with Gasteiger partial charge in [0.25, 0.3) is 0 Å². The summed E-state index contributed by atoms with van der Waals surface area (Å²) < 4.78 is 25.0. The lowest BCUT2D eigenvalue weighted by atomic mass is 9.71. The molecule has 218 valence electrons. The first kappa shape index (κ1) is 30.2. The number of carbonyl (C=O) groups is 1. The van der Waals surface area contributed by atoms with Crippen molar-refractivity contribution < 1.29 is 34.0 Å². The molecule has 39 heavy (non-hydrogen) atoms. The lowest BCUT2D eigenvalue weighted by molar-refractivity contribution is -0.332. The van der Waals surface area contributed by atoms with E-state index in [0.29, 0.717) is 24.3 Å². The maximum atomic E-state index is 13.9. The zero-order chi connectivity index (χ0) is 28.4. The van der Waals surface area contributed by atoms with Crippen LogP contribution in [0.5, 0.6) is 0 Å². The van der Waals surface area contributed by atoms with E-state index in [1.54, 1.807) is 19.3 Å². The van der Waals surface area contributed by atoms with Crippen molar-refractivity contribution in [3.05, 3.63) is 47.1 Å². The average molecular weight is 545 g/mol. The van der Waals surface area contributed by atoms with Crippen LogP contribution in [0, 0.1) is 17.8 Å². The molecule has 1 aliphatic carbocycles. The van der Waals surface area contributed by atoms with Crippen molar-refractivity contribution in [3.8, 4) is 0 Å². The summed E-state index contributed by atoms with van der Waals surface area (Å²) in [6.45, 7) is 10.1. The van der Waals surface area contributed by atoms with Crippen molar-refractivity contribution in [3.63, 3.8) is 0 Å². The Morgan fingerprint density at radius 3 is 2.59 bits per heavy atom. The first-order valence-electron chi connectivity index (χ1n) is 14.6. The molecule has 7 nitrogen and oxygen atoms in total. The number of aliphatic hydroxyl groups excluding tert-OH is 1. The summed E-state index contributed by atoms with van der Waals surface area (Å²) in [6.07, 6.45) is 13.3. The Hall–Kier alpha value is -1.77. The Labute approximate surface area is 233 Å². The van der Waals surface area contributed by atoms with Crippen LogP contribution in [0.1, 0.15) is 79.6 Å². The number of methoxy groups -OCH3 is 1. The van der Waals surface area contributed by atoms with E-state index in [9.17, 15) is 15.0 Å². The second kappa shape index (κ2) is 12.4. The van der Waals surface area contributed by atoms with E-state index >= 15 is 0 Å². The van der Waals surface area contributed by atoms with Crippen LogP contribution < -0.4 is 0 Å². The minimum Gasteiger partial charge on any atom is -0.462 e. The van der Waals surface area contributed by atoms with Gasteiger partial charge in [-0.05, 0) is 63.0 Å². The van der Waals surface area contributed by atoms with Gasteiger partial charge >= 0.3 is 5.97 Å². The van der Waals surface area contributed by atoms with Crippen LogP contribution in [-0.4, -0.2) is 65.7 Å². The van der Waals surface area contributed by atoms with E-state index in [1.165, 1.54) is 5.57 Å². The summed E-state index contributed by atoms with van der Waals surface area (Å²) in [7, 11) is 1.59. The maximum Gasteiger partial charge on any atom is 0.316 e. The fourth-order valence-corrected chi connectivity index (χ4v) is 6.66. The number of carbonyl (C=O) groups excluding carboxylic acids is 1. The molecule has 1 spiro atoms. The highest BCUT2D eigenvalue weighted by atomic mass is 16.7. The van der Waals surface area contributed by atoms with Crippen LogP contribution in [0.3, 0.4) is 0 Å². The van der Waals surface area contributed by atoms with Crippen molar-refractivity contribution in [2.24, 2.45) is 17.8 Å². The minimum absolute atomic E-state index is 0.0499. The highest BCUT2D eigenvalue weighted by molar-refractivity contribution is 5.78. The van der Waals surface area contributed by atoms with Gasteiger partial charge in [-0.25, -0.2) is 0 Å². The number of fused-ring (bicyclic) bond motifs is 3. The van der Waals surface area contributed by atoms with Gasteiger partial charge in [0.05, 0.1) is 24.9 Å². The predicted molar refractivity (Wildman–Crippen MR) is 150 cm³/mol. The van der Waals surface area contributed by atoms with Crippen molar-refractivity contribution in [1.82, 2.24) is 0 Å². The molecule has 0 aromatic carbocycles. The SMILES string of the molecule is CO[C@H]1C[C@]2(O)/C(CO)=C\C=C\[C@H](C)C/C(C)=C\C[C@H]3C[C@H](C[C@]4(CC[C@H](C)[C@@H](C)O4)O3)OC(=O)[C@@H]2C=C1C. The van der Waals surface area contributed by atoms with E-state index in [2.05, 4.69) is 39.8 Å². The topological polar surface area (TPSA) is 94.5 Å². The molecule has 4 aliphatic rings. The van der Waals surface area contributed by atoms with Gasteiger partial charge in [0, 0.05) is 32.8 Å². The third-order valence-corrected chi connectivity index (χ3v) is 9.23. The van der Waals surface area contributed by atoms with Gasteiger partial charge in [-0.1, -0.05) is 49.8 Å². The van der Waals surface area contributed by atoms with Crippen LogP contribution in [0.25, 0.3) is 0 Å². The van der Waals surface area contributed by atoms with E-state index in [-0.39, 0.29) is 37.3 Å². The van der Waals surface area contributed by atoms with E-state index in [4.69, 9.17) is 18.9 Å². The lowest BCUT2D eigenvalue weighted by Crippen LogP contribution is -2.55. The average Bonchev–Trinajstić information content (AvgIpc) is 2.88. The molecule has 0 aromatic rings. The molecule has 0 amide bonds. The number of hydrogen-bond acceptors (Lipinski definition) is 7. The van der Waals surface area contributed by atoms with Gasteiger partial charge < -0.3 is 29.2 Å². The highest BCUT2D eigenvalue weighted by Gasteiger charge is 2.51. The number of ether oxygens (including phenoxy) is 4. The van der Waals surface area contributed by atoms with Crippen LogP contribution in [0.4, 0.5) is 0 Å². The van der Waals surface area contributed by atoms with Gasteiger partial charge in [0.1, 0.15) is 17.6 Å². The van der Waals surface area contributed by atoms with Gasteiger partial charge in [0.15, 0.2) is 5.79 Å². The molecule has 7 heteroatoms. The highest BCUT2D eigenvalue weighted by Crippen LogP contribution is 2.44. The zero-order valence-corrected chi connectivity index (χ0v) is 24.5. The molecule has 0 saturated carbocycles. The molecule has 0 radical (unpaired) electrons. The van der Waals surface area contributed by atoms with Gasteiger partial charge in [-0.15, -0.1) is 0 Å². The van der Waals surface area contributed by atoms with Crippen molar-refractivity contribution >= 4 is 5.97 Å². The normalized spacial score (nSPS) is 45.7. The van der Waals surface area contributed by atoms with Gasteiger partial charge in [-0.2, -0.15) is 0 Å². The molecule has 2 bridgehead atoms. The van der Waals surface area contributed by atoms with Crippen molar-refractivity contribution in [2.75, 3.05) is 13.7 Å². The summed E-state index contributed by atoms with van der Waals surface area (Å²) in [5.41, 5.74) is 0.863. The molecule has 3 heterocycles. The second-order valence-corrected chi connectivity index (χ2v) is 12.4. The first-order valence-corrected chi connectivity index (χ1v) is 14.6. The molecular weight excluding hydrogens is 496 g/mol. The Morgan fingerprint density at radius 2 is 1.90 bits per heavy atom. The van der Waals surface area contributed by atoms with Gasteiger partial charge in [-0.3, -0.25) is 4.79 Å². The third-order valence-electron chi connectivity index (χ3n) is 9.23. The summed E-state index contributed by atoms with van der Waals surface area (Å²) in [5, 5.41) is 22.4. The smallest absolute Gasteiger partial charge is 0.316 e. The monoisotopic (exact) mass is 544 g/mol. The molecule has 2 N–H and O–H groups in total. The van der Waals surface area contributed by atoms with Gasteiger partial charge in [0.2, 0.25) is 0 Å². The first-order chi connectivity index (χ1) is 18.5. The number of rotatable bonds is 2. The molecular formula is C32H48O7. The summed E-state index contributed by atoms with van der Waals surface area (Å²) in [4.78, 5) is 13.9.